The Morgan fingerprint density at radius 1 is 0.923 bits per heavy atom. The average molecular weight is 396 g/mol. The molecule has 1 atom stereocenters. The molecule has 0 aromatic heterocycles. The first kappa shape index (κ1) is 19.0. The molecule has 0 amide bonds. The Morgan fingerprint density at radius 3 is 2.15 bits per heavy atom. The van der Waals surface area contributed by atoms with Crippen molar-refractivity contribution in [2.75, 3.05) is 6.54 Å². The number of nitrogens with one attached hydrogen (secondary N) is 2. The Morgan fingerprint density at radius 2 is 1.54 bits per heavy atom. The average Bonchev–Trinajstić information content (AvgIpc) is 3.44. The Hall–Kier alpha value is -1.78. The minimum atomic E-state index is -3.88. The van der Waals surface area contributed by atoms with Gasteiger partial charge in [-0.15, -0.1) is 0 Å². The molecule has 1 saturated carbocycles. The predicted molar refractivity (Wildman–Crippen MR) is 98.3 cm³/mol. The normalized spacial score (nSPS) is 16.3. The molecule has 0 radical (unpaired) electrons. The van der Waals surface area contributed by atoms with Gasteiger partial charge in [0.1, 0.15) is 0 Å². The fraction of sp³-hybridized carbons (Fsp3) is 0.294. The highest BCUT2D eigenvalue weighted by Crippen LogP contribution is 2.23. The van der Waals surface area contributed by atoms with E-state index in [2.05, 4.69) is 9.44 Å². The molecule has 0 bridgehead atoms. The van der Waals surface area contributed by atoms with Gasteiger partial charge in [-0.25, -0.2) is 26.3 Å². The summed E-state index contributed by atoms with van der Waals surface area (Å²) >= 11 is 0. The molecule has 7 nitrogen and oxygen atoms in total. The Bertz CT molecular complexity index is 972. The minimum Gasteiger partial charge on any atom is -0.323 e. The highest BCUT2D eigenvalue weighted by atomic mass is 32.2. The largest absolute Gasteiger partial charge is 0.323 e. The summed E-state index contributed by atoms with van der Waals surface area (Å²) in [6.45, 7) is 0.00362. The topological polar surface area (TPSA) is 118 Å². The van der Waals surface area contributed by atoms with Gasteiger partial charge in [0.15, 0.2) is 0 Å². The fourth-order valence-corrected chi connectivity index (χ4v) is 4.93. The lowest BCUT2D eigenvalue weighted by atomic mass is 10.1. The van der Waals surface area contributed by atoms with Crippen molar-refractivity contribution in [3.05, 3.63) is 60.2 Å². The van der Waals surface area contributed by atoms with Crippen LogP contribution in [-0.4, -0.2) is 29.4 Å². The van der Waals surface area contributed by atoms with Crippen molar-refractivity contribution in [3.63, 3.8) is 0 Å². The van der Waals surface area contributed by atoms with Crippen LogP contribution in [0.3, 0.4) is 0 Å². The molecule has 3 rings (SSSR count). The second kappa shape index (κ2) is 7.45. The third kappa shape index (κ3) is 4.68. The third-order valence-corrected chi connectivity index (χ3v) is 6.99. The fourth-order valence-electron chi connectivity index (χ4n) is 2.40. The van der Waals surface area contributed by atoms with E-state index in [-0.39, 0.29) is 22.4 Å². The zero-order chi connectivity index (χ0) is 18.8. The monoisotopic (exact) mass is 395 g/mol. The van der Waals surface area contributed by atoms with Gasteiger partial charge in [0, 0.05) is 18.6 Å². The van der Waals surface area contributed by atoms with Crippen LogP contribution < -0.4 is 15.2 Å². The van der Waals surface area contributed by atoms with Gasteiger partial charge in [0.05, 0.1) is 9.79 Å². The molecule has 1 unspecified atom stereocenters. The number of hydrogen-bond acceptors (Lipinski definition) is 5. The van der Waals surface area contributed by atoms with E-state index in [4.69, 9.17) is 5.73 Å². The van der Waals surface area contributed by atoms with Gasteiger partial charge in [-0.3, -0.25) is 0 Å². The number of rotatable bonds is 8. The van der Waals surface area contributed by atoms with E-state index < -0.39 is 26.1 Å². The number of sulfonamides is 2. The molecule has 9 heteroatoms. The summed E-state index contributed by atoms with van der Waals surface area (Å²) in [6, 6.07) is 13.9. The lowest BCUT2D eigenvalue weighted by Gasteiger charge is -2.14. The van der Waals surface area contributed by atoms with Crippen LogP contribution >= 0.6 is 0 Å². The van der Waals surface area contributed by atoms with Gasteiger partial charge in [-0.2, -0.15) is 0 Å². The zero-order valence-electron chi connectivity index (χ0n) is 14.0. The maximum absolute atomic E-state index is 12.5. The van der Waals surface area contributed by atoms with E-state index >= 15 is 0 Å². The summed E-state index contributed by atoms with van der Waals surface area (Å²) in [6.07, 6.45) is 1.60. The zero-order valence-corrected chi connectivity index (χ0v) is 15.6. The molecule has 0 saturated heterocycles. The summed E-state index contributed by atoms with van der Waals surface area (Å²) in [5.41, 5.74) is 6.81. The number of benzene rings is 2. The summed E-state index contributed by atoms with van der Waals surface area (Å²) in [5, 5.41) is 0. The van der Waals surface area contributed by atoms with E-state index in [1.54, 1.807) is 0 Å². The quantitative estimate of drug-likeness (QED) is 0.619. The van der Waals surface area contributed by atoms with Crippen LogP contribution in [0.4, 0.5) is 0 Å². The van der Waals surface area contributed by atoms with Crippen LogP contribution in [0.2, 0.25) is 0 Å². The van der Waals surface area contributed by atoms with Crippen LogP contribution in [0, 0.1) is 0 Å². The first-order valence-corrected chi connectivity index (χ1v) is 11.2. The summed E-state index contributed by atoms with van der Waals surface area (Å²) in [7, 11) is -7.60. The smallest absolute Gasteiger partial charge is 0.240 e. The molecule has 2 aromatic carbocycles. The molecular formula is C17H21N3O4S2. The van der Waals surface area contributed by atoms with E-state index in [1.807, 2.05) is 30.3 Å². The molecule has 1 fully saturated rings. The van der Waals surface area contributed by atoms with Crippen molar-refractivity contribution < 1.29 is 16.8 Å². The molecule has 2 aromatic rings. The molecule has 0 spiro atoms. The molecule has 1 aliphatic carbocycles. The van der Waals surface area contributed by atoms with Crippen LogP contribution in [-0.2, 0) is 20.0 Å². The van der Waals surface area contributed by atoms with Gasteiger partial charge >= 0.3 is 0 Å². The van der Waals surface area contributed by atoms with E-state index in [1.165, 1.54) is 18.2 Å². The molecule has 140 valence electrons. The van der Waals surface area contributed by atoms with E-state index in [0.29, 0.717) is 0 Å². The van der Waals surface area contributed by atoms with E-state index in [9.17, 15) is 16.8 Å². The van der Waals surface area contributed by atoms with Gasteiger partial charge in [0.25, 0.3) is 0 Å². The van der Waals surface area contributed by atoms with Gasteiger partial charge in [-0.1, -0.05) is 36.4 Å². The molecule has 0 aliphatic heterocycles. The third-order valence-electron chi connectivity index (χ3n) is 4.05. The van der Waals surface area contributed by atoms with Crippen LogP contribution in [0.25, 0.3) is 0 Å². The van der Waals surface area contributed by atoms with Crippen LogP contribution in [0.15, 0.2) is 64.4 Å². The summed E-state index contributed by atoms with van der Waals surface area (Å²) < 4.78 is 54.5. The van der Waals surface area contributed by atoms with Crippen molar-refractivity contribution in [2.24, 2.45) is 5.73 Å². The molecule has 0 heterocycles. The molecule has 26 heavy (non-hydrogen) atoms. The standard InChI is InChI=1S/C17H21N3O4S2/c18-17(13-5-2-1-3-6-13)12-19-25(21,22)15-7-4-8-16(11-15)26(23,24)20-14-9-10-14/h1-8,11,14,17,19-20H,9-10,12,18H2. The highest BCUT2D eigenvalue weighted by molar-refractivity contribution is 7.90. The number of hydrogen-bond donors (Lipinski definition) is 3. The van der Waals surface area contributed by atoms with Crippen molar-refractivity contribution in [2.45, 2.75) is 34.7 Å². The van der Waals surface area contributed by atoms with Crippen LogP contribution in [0.5, 0.6) is 0 Å². The SMILES string of the molecule is NC(CNS(=O)(=O)c1cccc(S(=O)(=O)NC2CC2)c1)c1ccccc1. The van der Waals surface area contributed by atoms with Crippen LogP contribution in [0.1, 0.15) is 24.4 Å². The number of nitrogens with two attached hydrogens (primary N) is 1. The van der Waals surface area contributed by atoms with E-state index in [0.717, 1.165) is 24.5 Å². The van der Waals surface area contributed by atoms with Crippen molar-refractivity contribution in [1.29, 1.82) is 0 Å². The Labute approximate surface area is 153 Å². The first-order chi connectivity index (χ1) is 12.3. The van der Waals surface area contributed by atoms with Gasteiger partial charge in [0.2, 0.25) is 20.0 Å². The first-order valence-electron chi connectivity index (χ1n) is 8.20. The minimum absolute atomic E-state index is 0.00362. The predicted octanol–water partition coefficient (Wildman–Crippen LogP) is 1.11. The second-order valence-corrected chi connectivity index (χ2v) is 9.72. The lowest BCUT2D eigenvalue weighted by Crippen LogP contribution is -2.32. The maximum atomic E-state index is 12.5. The molecule has 4 N–H and O–H groups in total. The lowest BCUT2D eigenvalue weighted by molar-refractivity contribution is 0.571. The van der Waals surface area contributed by atoms with Gasteiger partial charge < -0.3 is 5.73 Å². The van der Waals surface area contributed by atoms with Crippen molar-refractivity contribution >= 4 is 20.0 Å². The Balaban J connectivity index is 1.74. The van der Waals surface area contributed by atoms with Crippen molar-refractivity contribution in [3.8, 4) is 0 Å². The molecule has 1 aliphatic rings. The molecular weight excluding hydrogens is 374 g/mol. The Kier molecular flexibility index (Phi) is 5.44. The second-order valence-electron chi connectivity index (χ2n) is 6.24. The highest BCUT2D eigenvalue weighted by Gasteiger charge is 2.28. The van der Waals surface area contributed by atoms with Crippen molar-refractivity contribution in [1.82, 2.24) is 9.44 Å². The van der Waals surface area contributed by atoms with Gasteiger partial charge in [-0.05, 0) is 36.6 Å². The summed E-state index contributed by atoms with van der Waals surface area (Å²) in [5.74, 6) is 0. The maximum Gasteiger partial charge on any atom is 0.240 e. The summed E-state index contributed by atoms with van der Waals surface area (Å²) in [4.78, 5) is -0.184.